The maximum Gasteiger partial charge on any atom is 0.251 e. The van der Waals surface area contributed by atoms with Gasteiger partial charge >= 0.3 is 0 Å². The zero-order valence-corrected chi connectivity index (χ0v) is 17.4. The van der Waals surface area contributed by atoms with E-state index in [2.05, 4.69) is 16.0 Å². The molecule has 1 aromatic heterocycles. The summed E-state index contributed by atoms with van der Waals surface area (Å²) < 4.78 is 13.2. The summed E-state index contributed by atoms with van der Waals surface area (Å²) in [5, 5.41) is 12.4. The highest BCUT2D eigenvalue weighted by molar-refractivity contribution is 5.95. The van der Waals surface area contributed by atoms with Gasteiger partial charge in [0.15, 0.2) is 11.5 Å². The van der Waals surface area contributed by atoms with Crippen LogP contribution in [0, 0.1) is 11.3 Å². The number of amides is 1. The number of hydrogen-bond acceptors (Lipinski definition) is 5. The Morgan fingerprint density at radius 3 is 2.84 bits per heavy atom. The van der Waals surface area contributed by atoms with Crippen molar-refractivity contribution >= 4 is 16.9 Å². The van der Waals surface area contributed by atoms with Crippen LogP contribution in [0.5, 0.6) is 11.5 Å². The maximum absolute atomic E-state index is 12.9. The molecule has 2 atom stereocenters. The molecule has 7 nitrogen and oxygen atoms in total. The van der Waals surface area contributed by atoms with E-state index in [0.29, 0.717) is 35.8 Å². The molecule has 31 heavy (non-hydrogen) atoms. The van der Waals surface area contributed by atoms with Crippen molar-refractivity contribution < 1.29 is 14.3 Å². The minimum Gasteiger partial charge on any atom is -0.486 e. The highest BCUT2D eigenvalue weighted by Gasteiger charge is 2.28. The van der Waals surface area contributed by atoms with Gasteiger partial charge in [0.25, 0.3) is 5.91 Å². The van der Waals surface area contributed by atoms with E-state index in [1.165, 1.54) is 0 Å². The third-order valence-corrected chi connectivity index (χ3v) is 6.22. The number of ether oxygens (including phenoxy) is 2. The van der Waals surface area contributed by atoms with Crippen LogP contribution in [-0.4, -0.2) is 34.7 Å². The molecule has 0 bridgehead atoms. The standard InChI is InChI=1S/C24H24N4O3/c1-28-20-11-15(14-25)5-7-19(20)27-23(28)16-3-2-4-18(12-16)26-24(29)17-6-8-21-22(13-17)31-10-9-30-21/h5-8,11,13,16,18H,2-4,9-10,12H2,1H3,(H,26,29). The van der Waals surface area contributed by atoms with Crippen molar-refractivity contribution in [2.75, 3.05) is 13.2 Å². The Hall–Kier alpha value is -3.53. The number of carbonyl (C=O) groups excluding carboxylic acids is 1. The second-order valence-electron chi connectivity index (χ2n) is 8.24. The van der Waals surface area contributed by atoms with Crippen molar-refractivity contribution in [1.82, 2.24) is 14.9 Å². The van der Waals surface area contributed by atoms with Gasteiger partial charge in [0.1, 0.15) is 19.0 Å². The molecule has 5 rings (SSSR count). The van der Waals surface area contributed by atoms with Crippen LogP contribution in [0.3, 0.4) is 0 Å². The first-order chi connectivity index (χ1) is 15.1. The summed E-state index contributed by atoms with van der Waals surface area (Å²) in [6.07, 6.45) is 3.87. The minimum atomic E-state index is -0.0914. The number of carbonyl (C=O) groups is 1. The molecule has 3 aromatic rings. The highest BCUT2D eigenvalue weighted by atomic mass is 16.6. The van der Waals surface area contributed by atoms with E-state index in [-0.39, 0.29) is 17.9 Å². The molecule has 1 N–H and O–H groups in total. The summed E-state index contributed by atoms with van der Waals surface area (Å²) in [6.45, 7) is 1.03. The van der Waals surface area contributed by atoms with E-state index >= 15 is 0 Å². The average Bonchev–Trinajstić information content (AvgIpc) is 3.14. The Kier molecular flexibility index (Phi) is 4.99. The second-order valence-corrected chi connectivity index (χ2v) is 8.24. The third-order valence-electron chi connectivity index (χ3n) is 6.22. The van der Waals surface area contributed by atoms with Gasteiger partial charge in [-0.1, -0.05) is 6.42 Å². The van der Waals surface area contributed by atoms with Crippen LogP contribution in [0.4, 0.5) is 0 Å². The van der Waals surface area contributed by atoms with Crippen molar-refractivity contribution in [3.8, 4) is 17.6 Å². The van der Waals surface area contributed by atoms with Crippen LogP contribution in [0.1, 0.15) is 53.3 Å². The monoisotopic (exact) mass is 416 g/mol. The Labute approximate surface area is 180 Å². The Morgan fingerprint density at radius 2 is 2.00 bits per heavy atom. The quantitative estimate of drug-likeness (QED) is 0.704. The number of nitrogens with zero attached hydrogens (tertiary/aromatic N) is 3. The van der Waals surface area contributed by atoms with Crippen LogP contribution in [0.25, 0.3) is 11.0 Å². The van der Waals surface area contributed by atoms with Crippen LogP contribution in [0.2, 0.25) is 0 Å². The number of nitrogens with one attached hydrogen (secondary N) is 1. The lowest BCUT2D eigenvalue weighted by atomic mass is 9.85. The van der Waals surface area contributed by atoms with Crippen molar-refractivity contribution in [2.24, 2.45) is 7.05 Å². The largest absolute Gasteiger partial charge is 0.486 e. The molecule has 1 saturated carbocycles. The van der Waals surface area contributed by atoms with Crippen LogP contribution >= 0.6 is 0 Å². The predicted octanol–water partition coefficient (Wildman–Crippen LogP) is 3.67. The summed E-state index contributed by atoms with van der Waals surface area (Å²) in [5.41, 5.74) is 3.09. The van der Waals surface area contributed by atoms with Gasteiger partial charge in [0.05, 0.1) is 22.7 Å². The van der Waals surface area contributed by atoms with Crippen molar-refractivity contribution in [3.05, 3.63) is 53.3 Å². The lowest BCUT2D eigenvalue weighted by Crippen LogP contribution is -2.38. The van der Waals surface area contributed by atoms with E-state index in [9.17, 15) is 10.1 Å². The smallest absolute Gasteiger partial charge is 0.251 e. The molecule has 0 radical (unpaired) electrons. The first-order valence-electron chi connectivity index (χ1n) is 10.7. The molecular weight excluding hydrogens is 392 g/mol. The zero-order valence-electron chi connectivity index (χ0n) is 17.4. The fourth-order valence-electron chi connectivity index (χ4n) is 4.65. The summed E-state index contributed by atoms with van der Waals surface area (Å²) in [5.74, 6) is 2.50. The molecule has 1 aliphatic heterocycles. The van der Waals surface area contributed by atoms with E-state index in [1.807, 2.05) is 19.2 Å². The Balaban J connectivity index is 1.32. The maximum atomic E-state index is 12.9. The molecule has 2 aliphatic rings. The first-order valence-corrected chi connectivity index (χ1v) is 10.7. The van der Waals surface area contributed by atoms with Gasteiger partial charge in [0, 0.05) is 24.6 Å². The topological polar surface area (TPSA) is 89.2 Å². The predicted molar refractivity (Wildman–Crippen MR) is 115 cm³/mol. The zero-order chi connectivity index (χ0) is 21.4. The number of hydrogen-bond donors (Lipinski definition) is 1. The number of aromatic nitrogens is 2. The summed E-state index contributed by atoms with van der Waals surface area (Å²) in [4.78, 5) is 17.7. The van der Waals surface area contributed by atoms with Gasteiger partial charge in [0.2, 0.25) is 0 Å². The molecule has 1 amide bonds. The van der Waals surface area contributed by atoms with E-state index in [1.54, 1.807) is 24.3 Å². The lowest BCUT2D eigenvalue weighted by Gasteiger charge is -2.29. The normalized spacial score (nSPS) is 20.3. The SMILES string of the molecule is Cn1c(C2CCCC(NC(=O)c3ccc4c(c3)OCCO4)C2)nc2ccc(C#N)cc21. The first kappa shape index (κ1) is 19.4. The lowest BCUT2D eigenvalue weighted by molar-refractivity contribution is 0.0923. The van der Waals surface area contributed by atoms with E-state index in [4.69, 9.17) is 14.5 Å². The number of rotatable bonds is 3. The van der Waals surface area contributed by atoms with Gasteiger partial charge in [-0.2, -0.15) is 5.26 Å². The molecule has 1 aliphatic carbocycles. The van der Waals surface area contributed by atoms with Crippen LogP contribution < -0.4 is 14.8 Å². The summed E-state index contributed by atoms with van der Waals surface area (Å²) in [6, 6.07) is 13.2. The number of benzene rings is 2. The molecule has 158 valence electrons. The molecular formula is C24H24N4O3. The van der Waals surface area contributed by atoms with Gasteiger partial charge in [-0.05, 0) is 55.7 Å². The number of nitriles is 1. The molecule has 2 aromatic carbocycles. The molecule has 2 unspecified atom stereocenters. The van der Waals surface area contributed by atoms with Crippen LogP contribution in [-0.2, 0) is 7.05 Å². The van der Waals surface area contributed by atoms with E-state index < -0.39 is 0 Å². The Morgan fingerprint density at radius 1 is 1.16 bits per heavy atom. The molecule has 0 saturated heterocycles. The van der Waals surface area contributed by atoms with E-state index in [0.717, 1.165) is 42.5 Å². The fraction of sp³-hybridized carbons (Fsp3) is 0.375. The Bertz CT molecular complexity index is 1190. The second kappa shape index (κ2) is 7.95. The van der Waals surface area contributed by atoms with Crippen molar-refractivity contribution in [2.45, 2.75) is 37.6 Å². The van der Waals surface area contributed by atoms with Gasteiger partial charge in [-0.3, -0.25) is 4.79 Å². The third kappa shape index (κ3) is 3.70. The molecule has 1 fully saturated rings. The number of aryl methyl sites for hydroxylation is 1. The van der Waals surface area contributed by atoms with Gasteiger partial charge in [-0.25, -0.2) is 4.98 Å². The minimum absolute atomic E-state index is 0.0914. The van der Waals surface area contributed by atoms with Crippen molar-refractivity contribution in [1.29, 1.82) is 5.26 Å². The molecule has 7 heteroatoms. The number of imidazole rings is 1. The highest BCUT2D eigenvalue weighted by Crippen LogP contribution is 2.35. The van der Waals surface area contributed by atoms with Gasteiger partial charge in [-0.15, -0.1) is 0 Å². The molecule has 2 heterocycles. The average molecular weight is 416 g/mol. The van der Waals surface area contributed by atoms with Gasteiger partial charge < -0.3 is 19.4 Å². The summed E-state index contributed by atoms with van der Waals surface area (Å²) in [7, 11) is 2.00. The van der Waals surface area contributed by atoms with Crippen molar-refractivity contribution in [3.63, 3.8) is 0 Å². The number of fused-ring (bicyclic) bond motifs is 2. The fourth-order valence-corrected chi connectivity index (χ4v) is 4.65. The molecule has 0 spiro atoms. The summed E-state index contributed by atoms with van der Waals surface area (Å²) >= 11 is 0. The van der Waals surface area contributed by atoms with Crippen LogP contribution in [0.15, 0.2) is 36.4 Å².